The van der Waals surface area contributed by atoms with Crippen molar-refractivity contribution in [3.05, 3.63) is 5.82 Å². The van der Waals surface area contributed by atoms with Gasteiger partial charge in [0.1, 0.15) is 5.82 Å². The number of hydrogen-bond donors (Lipinski definition) is 2. The van der Waals surface area contributed by atoms with E-state index < -0.39 is 15.7 Å². The van der Waals surface area contributed by atoms with Gasteiger partial charge in [0.2, 0.25) is 5.91 Å². The van der Waals surface area contributed by atoms with Crippen molar-refractivity contribution in [1.29, 1.82) is 0 Å². The van der Waals surface area contributed by atoms with Gasteiger partial charge in [0.15, 0.2) is 15.0 Å². The van der Waals surface area contributed by atoms with Crippen LogP contribution in [0.5, 0.6) is 0 Å². The summed E-state index contributed by atoms with van der Waals surface area (Å²) in [6, 6.07) is 0.146. The first-order chi connectivity index (χ1) is 9.76. The van der Waals surface area contributed by atoms with E-state index in [-0.39, 0.29) is 30.5 Å². The van der Waals surface area contributed by atoms with Crippen molar-refractivity contribution in [3.8, 4) is 0 Å². The summed E-state index contributed by atoms with van der Waals surface area (Å²) in [5.74, 6) is 0.153. The second kappa shape index (κ2) is 7.76. The third-order valence-electron chi connectivity index (χ3n) is 2.72. The highest BCUT2D eigenvalue weighted by Gasteiger charge is 2.16. The Morgan fingerprint density at radius 1 is 1.33 bits per heavy atom. The van der Waals surface area contributed by atoms with Gasteiger partial charge in [-0.05, 0) is 13.8 Å². The molecule has 0 fully saturated rings. The number of thioether (sulfide) groups is 1. The Hall–Kier alpha value is -1.13. The van der Waals surface area contributed by atoms with Crippen LogP contribution in [0.1, 0.15) is 32.1 Å². The third kappa shape index (κ3) is 5.64. The molecule has 4 N–H and O–H groups in total. The van der Waals surface area contributed by atoms with Crippen LogP contribution in [0, 0.1) is 0 Å². The lowest BCUT2D eigenvalue weighted by molar-refractivity contribution is -0.117. The molecule has 0 saturated carbocycles. The summed E-state index contributed by atoms with van der Waals surface area (Å²) in [7, 11) is -3.28. The van der Waals surface area contributed by atoms with E-state index in [1.165, 1.54) is 11.8 Å². The van der Waals surface area contributed by atoms with Gasteiger partial charge in [-0.1, -0.05) is 11.8 Å². The fourth-order valence-corrected chi connectivity index (χ4v) is 4.48. The first-order valence-corrected chi connectivity index (χ1v) is 9.33. The maximum absolute atomic E-state index is 11.7. The molecule has 1 rings (SSSR count). The van der Waals surface area contributed by atoms with E-state index in [4.69, 9.17) is 11.5 Å². The van der Waals surface area contributed by atoms with E-state index in [9.17, 15) is 13.2 Å². The fourth-order valence-electron chi connectivity index (χ4n) is 1.68. The second-order valence-electron chi connectivity index (χ2n) is 4.78. The molecule has 1 heterocycles. The van der Waals surface area contributed by atoms with Crippen LogP contribution in [0.3, 0.4) is 0 Å². The molecule has 10 heteroatoms. The van der Waals surface area contributed by atoms with E-state index in [2.05, 4.69) is 10.2 Å². The predicted octanol–water partition coefficient (Wildman–Crippen LogP) is -0.300. The molecular formula is C11H21N5O3S2. The number of rotatable bonds is 9. The lowest BCUT2D eigenvalue weighted by atomic mass is 10.4. The molecule has 0 unspecified atom stereocenters. The molecule has 0 saturated heterocycles. The molecule has 8 nitrogen and oxygen atoms in total. The van der Waals surface area contributed by atoms with Gasteiger partial charge in [0.25, 0.3) is 0 Å². The highest BCUT2D eigenvalue weighted by molar-refractivity contribution is 8.00. The largest absolute Gasteiger partial charge is 0.370 e. The number of primary amides is 1. The molecule has 21 heavy (non-hydrogen) atoms. The van der Waals surface area contributed by atoms with E-state index in [1.54, 1.807) is 0 Å². The summed E-state index contributed by atoms with van der Waals surface area (Å²) in [4.78, 5) is 10.6. The maximum Gasteiger partial charge on any atom is 0.218 e. The van der Waals surface area contributed by atoms with E-state index in [0.717, 1.165) is 0 Å². The van der Waals surface area contributed by atoms with Gasteiger partial charge in [-0.15, -0.1) is 10.2 Å². The molecule has 1 aromatic rings. The van der Waals surface area contributed by atoms with Crippen LogP contribution in [-0.2, 0) is 21.2 Å². The molecule has 1 amide bonds. The van der Waals surface area contributed by atoms with Crippen molar-refractivity contribution in [3.63, 3.8) is 0 Å². The summed E-state index contributed by atoms with van der Waals surface area (Å²) in [5.41, 5.74) is 10.5. The Labute approximate surface area is 128 Å². The van der Waals surface area contributed by atoms with Gasteiger partial charge in [0.05, 0.1) is 18.1 Å². The normalized spacial score (nSPS) is 12.0. The molecule has 0 spiro atoms. The highest BCUT2D eigenvalue weighted by atomic mass is 32.2. The number of nitrogens with two attached hydrogens (primary N) is 2. The highest BCUT2D eigenvalue weighted by Crippen LogP contribution is 2.21. The van der Waals surface area contributed by atoms with Crippen molar-refractivity contribution in [1.82, 2.24) is 14.8 Å². The fraction of sp³-hybridized carbons (Fsp3) is 0.727. The molecule has 0 aliphatic heterocycles. The summed E-state index contributed by atoms with van der Waals surface area (Å²) in [5, 5.41) is 8.66. The molecule has 0 aliphatic carbocycles. The summed E-state index contributed by atoms with van der Waals surface area (Å²) >= 11 is 1.31. The Morgan fingerprint density at radius 2 is 2.00 bits per heavy atom. The average molecular weight is 335 g/mol. The molecule has 1 aromatic heterocycles. The minimum Gasteiger partial charge on any atom is -0.370 e. The lowest BCUT2D eigenvalue weighted by Crippen LogP contribution is -2.20. The average Bonchev–Trinajstić information content (AvgIpc) is 2.79. The molecule has 0 radical (unpaired) electrons. The maximum atomic E-state index is 11.7. The van der Waals surface area contributed by atoms with Gasteiger partial charge in [-0.25, -0.2) is 8.42 Å². The van der Waals surface area contributed by atoms with Crippen molar-refractivity contribution >= 4 is 27.5 Å². The zero-order chi connectivity index (χ0) is 16.0. The van der Waals surface area contributed by atoms with Crippen LogP contribution in [0.4, 0.5) is 0 Å². The number of carbonyl (C=O) groups is 1. The van der Waals surface area contributed by atoms with Gasteiger partial charge in [0, 0.05) is 18.2 Å². The summed E-state index contributed by atoms with van der Waals surface area (Å²) in [6.07, 6.45) is -0.146. The van der Waals surface area contributed by atoms with E-state index >= 15 is 0 Å². The molecule has 120 valence electrons. The number of sulfone groups is 1. The smallest absolute Gasteiger partial charge is 0.218 e. The Kier molecular flexibility index (Phi) is 6.62. The zero-order valence-electron chi connectivity index (χ0n) is 12.2. The SMILES string of the molecule is CC(C)n1c(CN)nnc1SCCS(=O)(=O)CCC(N)=O. The molecule has 0 aromatic carbocycles. The number of hydrogen-bond acceptors (Lipinski definition) is 7. The minimum atomic E-state index is -3.28. The molecule has 0 bridgehead atoms. The number of aromatic nitrogens is 3. The van der Waals surface area contributed by atoms with Gasteiger partial charge in [-0.3, -0.25) is 4.79 Å². The Morgan fingerprint density at radius 3 is 2.52 bits per heavy atom. The van der Waals surface area contributed by atoms with Crippen LogP contribution >= 0.6 is 11.8 Å². The van der Waals surface area contributed by atoms with E-state index in [0.29, 0.717) is 16.7 Å². The molecule has 0 atom stereocenters. The standard InChI is InChI=1S/C11H21N5O3S2/c1-8(2)16-10(7-12)14-15-11(16)20-4-6-21(18,19)5-3-9(13)17/h8H,3-7,12H2,1-2H3,(H2,13,17). The molecule has 0 aliphatic rings. The van der Waals surface area contributed by atoms with Crippen LogP contribution < -0.4 is 11.5 Å². The van der Waals surface area contributed by atoms with Crippen molar-refractivity contribution < 1.29 is 13.2 Å². The van der Waals surface area contributed by atoms with Crippen LogP contribution in [0.15, 0.2) is 5.16 Å². The minimum absolute atomic E-state index is 0.0339. The predicted molar refractivity (Wildman–Crippen MR) is 81.5 cm³/mol. The molecular weight excluding hydrogens is 314 g/mol. The number of carbonyl (C=O) groups excluding carboxylic acids is 1. The van der Waals surface area contributed by atoms with Crippen molar-refractivity contribution in [2.45, 2.75) is 38.0 Å². The topological polar surface area (TPSA) is 134 Å². The van der Waals surface area contributed by atoms with Crippen LogP contribution in [0.2, 0.25) is 0 Å². The van der Waals surface area contributed by atoms with Crippen molar-refractivity contribution in [2.75, 3.05) is 17.3 Å². The first kappa shape index (κ1) is 17.9. The quantitative estimate of drug-likeness (QED) is 0.592. The van der Waals surface area contributed by atoms with Gasteiger partial charge < -0.3 is 16.0 Å². The third-order valence-corrected chi connectivity index (χ3v) is 5.57. The van der Waals surface area contributed by atoms with Crippen LogP contribution in [-0.4, -0.2) is 46.3 Å². The first-order valence-electron chi connectivity index (χ1n) is 6.52. The van der Waals surface area contributed by atoms with Gasteiger partial charge >= 0.3 is 0 Å². The number of nitrogens with zero attached hydrogens (tertiary/aromatic N) is 3. The Bertz CT molecular complexity index is 583. The van der Waals surface area contributed by atoms with E-state index in [1.807, 2.05) is 18.4 Å². The van der Waals surface area contributed by atoms with Crippen molar-refractivity contribution in [2.24, 2.45) is 11.5 Å². The number of amides is 1. The second-order valence-corrected chi connectivity index (χ2v) is 8.15. The monoisotopic (exact) mass is 335 g/mol. The summed E-state index contributed by atoms with van der Waals surface area (Å²) < 4.78 is 25.3. The lowest BCUT2D eigenvalue weighted by Gasteiger charge is -2.12. The summed E-state index contributed by atoms with van der Waals surface area (Å²) in [6.45, 7) is 4.25. The zero-order valence-corrected chi connectivity index (χ0v) is 13.8. The van der Waals surface area contributed by atoms with Gasteiger partial charge in [-0.2, -0.15) is 0 Å². The Balaban J connectivity index is 2.60. The van der Waals surface area contributed by atoms with Crippen LogP contribution in [0.25, 0.3) is 0 Å².